The number of benzene rings is 3. The van der Waals surface area contributed by atoms with Gasteiger partial charge in [-0.05, 0) is 29.3 Å². The van der Waals surface area contributed by atoms with Crippen LogP contribution in [0.5, 0.6) is 11.5 Å². The molecule has 1 aliphatic heterocycles. The predicted molar refractivity (Wildman–Crippen MR) is 138 cm³/mol. The van der Waals surface area contributed by atoms with Crippen LogP contribution in [0.3, 0.4) is 0 Å². The Morgan fingerprint density at radius 2 is 1.00 bits per heavy atom. The van der Waals surface area contributed by atoms with Crippen molar-refractivity contribution < 1.29 is 9.47 Å². The first kappa shape index (κ1) is 22.5. The number of hydrogen-bond donors (Lipinski definition) is 0. The number of thioether (sulfide) groups is 3. The molecule has 3 aromatic carbocycles. The molecule has 0 aromatic heterocycles. The highest BCUT2D eigenvalue weighted by Crippen LogP contribution is 2.27. The molecule has 162 valence electrons. The van der Waals surface area contributed by atoms with Crippen molar-refractivity contribution in [2.24, 2.45) is 0 Å². The van der Waals surface area contributed by atoms with E-state index in [1.54, 1.807) is 0 Å². The van der Waals surface area contributed by atoms with Crippen molar-refractivity contribution in [2.75, 3.05) is 23.0 Å². The molecule has 0 N–H and O–H groups in total. The minimum absolute atomic E-state index is 0.568. The summed E-state index contributed by atoms with van der Waals surface area (Å²) in [5, 5.41) is 0. The summed E-state index contributed by atoms with van der Waals surface area (Å²) in [6.07, 6.45) is 0. The highest BCUT2D eigenvalue weighted by atomic mass is 32.2. The number of ether oxygens (including phenoxy) is 2. The van der Waals surface area contributed by atoms with Gasteiger partial charge in [0.05, 0.1) is 0 Å². The van der Waals surface area contributed by atoms with Gasteiger partial charge in [-0.2, -0.15) is 35.3 Å². The van der Waals surface area contributed by atoms with Crippen LogP contribution in [0.15, 0.2) is 72.8 Å². The van der Waals surface area contributed by atoms with Crippen molar-refractivity contribution in [3.8, 4) is 11.5 Å². The Kier molecular flexibility index (Phi) is 8.98. The molecule has 2 nitrogen and oxygen atoms in total. The van der Waals surface area contributed by atoms with E-state index in [-0.39, 0.29) is 0 Å². The van der Waals surface area contributed by atoms with Crippen molar-refractivity contribution in [1.29, 1.82) is 0 Å². The molecule has 0 amide bonds. The summed E-state index contributed by atoms with van der Waals surface area (Å²) >= 11 is 6.03. The van der Waals surface area contributed by atoms with E-state index in [1.165, 1.54) is 45.3 Å². The van der Waals surface area contributed by atoms with Gasteiger partial charge < -0.3 is 9.47 Å². The van der Waals surface area contributed by atoms with Crippen LogP contribution >= 0.6 is 35.3 Å². The molecule has 0 saturated heterocycles. The molecular weight excluding hydrogens is 440 g/mol. The molecule has 5 heteroatoms. The highest BCUT2D eigenvalue weighted by Gasteiger charge is 2.07. The third-order valence-electron chi connectivity index (χ3n) is 4.98. The van der Waals surface area contributed by atoms with Gasteiger partial charge in [-0.15, -0.1) is 0 Å². The van der Waals surface area contributed by atoms with Crippen molar-refractivity contribution in [3.63, 3.8) is 0 Å². The molecule has 0 atom stereocenters. The first-order chi connectivity index (χ1) is 15.4. The first-order valence-electron chi connectivity index (χ1n) is 10.6. The van der Waals surface area contributed by atoms with E-state index in [9.17, 15) is 0 Å². The molecule has 4 rings (SSSR count). The molecule has 0 fully saturated rings. The smallest absolute Gasteiger partial charge is 0.123 e. The summed E-state index contributed by atoms with van der Waals surface area (Å²) in [5.41, 5.74) is 4.88. The summed E-state index contributed by atoms with van der Waals surface area (Å²) < 4.78 is 12.4. The third kappa shape index (κ3) is 7.16. The maximum absolute atomic E-state index is 6.20. The van der Waals surface area contributed by atoms with Crippen molar-refractivity contribution in [3.05, 3.63) is 95.1 Å². The van der Waals surface area contributed by atoms with Crippen LogP contribution in [0.4, 0.5) is 0 Å². The number of hydrogen-bond acceptors (Lipinski definition) is 5. The Labute approximate surface area is 198 Å². The van der Waals surface area contributed by atoms with Crippen molar-refractivity contribution >= 4 is 35.3 Å². The van der Waals surface area contributed by atoms with Gasteiger partial charge >= 0.3 is 0 Å². The van der Waals surface area contributed by atoms with Gasteiger partial charge in [0.2, 0.25) is 0 Å². The monoisotopic (exact) mass is 468 g/mol. The summed E-state index contributed by atoms with van der Waals surface area (Å²) in [7, 11) is 0. The maximum atomic E-state index is 6.20. The summed E-state index contributed by atoms with van der Waals surface area (Å²) in [4.78, 5) is 0. The second-order valence-electron chi connectivity index (χ2n) is 7.33. The normalized spacial score (nSPS) is 16.1. The lowest BCUT2D eigenvalue weighted by atomic mass is 10.1. The zero-order valence-electron chi connectivity index (χ0n) is 17.6. The maximum Gasteiger partial charge on any atom is 0.123 e. The standard InChI is InChI=1S/C26H28O2S3/c1-3-10-25-23(8-1)19-30-14-12-29-13-15-31-20-24-9-2-4-11-26(24)28-18-22-7-5-6-21(16-22)17-27-25/h1-11,16H,12-15,17-20H2. The highest BCUT2D eigenvalue weighted by molar-refractivity contribution is 8.04. The predicted octanol–water partition coefficient (Wildman–Crippen LogP) is 7.06. The molecule has 0 radical (unpaired) electrons. The van der Waals surface area contributed by atoms with Gasteiger partial charge in [0.15, 0.2) is 0 Å². The van der Waals surface area contributed by atoms with Crippen LogP contribution in [0.25, 0.3) is 0 Å². The molecule has 1 heterocycles. The molecular formula is C26H28O2S3. The largest absolute Gasteiger partial charge is 0.489 e. The SMILES string of the molecule is c1cc2cc(c1)COc1ccccc1CSCCSCCSCc1ccccc1OC2. The third-order valence-corrected chi connectivity index (χ3v) is 8.50. The van der Waals surface area contributed by atoms with Gasteiger partial charge in [0.25, 0.3) is 0 Å². The van der Waals surface area contributed by atoms with E-state index in [0.717, 1.165) is 23.0 Å². The lowest BCUT2D eigenvalue weighted by Crippen LogP contribution is -2.02. The van der Waals surface area contributed by atoms with E-state index >= 15 is 0 Å². The molecule has 1 aliphatic rings. The first-order valence-corrected chi connectivity index (χ1v) is 14.1. The molecule has 31 heavy (non-hydrogen) atoms. The topological polar surface area (TPSA) is 18.5 Å². The molecule has 0 aliphatic carbocycles. The Hall–Kier alpha value is -1.69. The number of fused-ring (bicyclic) bond motifs is 4. The molecule has 3 aromatic rings. The Morgan fingerprint density at radius 1 is 0.516 bits per heavy atom. The Morgan fingerprint density at radius 3 is 1.55 bits per heavy atom. The second-order valence-corrected chi connectivity index (χ2v) is 10.8. The lowest BCUT2D eigenvalue weighted by molar-refractivity contribution is 0.297. The zero-order chi connectivity index (χ0) is 21.1. The average molecular weight is 469 g/mol. The van der Waals surface area contributed by atoms with Gasteiger partial charge in [-0.25, -0.2) is 0 Å². The van der Waals surface area contributed by atoms with Crippen LogP contribution in [0.1, 0.15) is 22.3 Å². The minimum atomic E-state index is 0.568. The van der Waals surface area contributed by atoms with E-state index in [4.69, 9.17) is 9.47 Å². The molecule has 0 unspecified atom stereocenters. The quantitative estimate of drug-likeness (QED) is 0.350. The lowest BCUT2D eigenvalue weighted by Gasteiger charge is -2.14. The summed E-state index contributed by atoms with van der Waals surface area (Å²) in [5.74, 6) is 8.70. The van der Waals surface area contributed by atoms with Crippen LogP contribution in [0.2, 0.25) is 0 Å². The van der Waals surface area contributed by atoms with Crippen molar-refractivity contribution in [2.45, 2.75) is 24.7 Å². The summed E-state index contributed by atoms with van der Waals surface area (Å²) in [6.45, 7) is 1.14. The fraction of sp³-hybridized carbons (Fsp3) is 0.308. The van der Waals surface area contributed by atoms with E-state index < -0.39 is 0 Å². The molecule has 0 saturated carbocycles. The van der Waals surface area contributed by atoms with Crippen LogP contribution < -0.4 is 9.47 Å². The van der Waals surface area contributed by atoms with E-state index in [2.05, 4.69) is 72.8 Å². The summed E-state index contributed by atoms with van der Waals surface area (Å²) in [6, 6.07) is 25.3. The number of para-hydroxylation sites is 2. The van der Waals surface area contributed by atoms with Crippen LogP contribution in [0, 0.1) is 0 Å². The molecule has 0 spiro atoms. The Bertz CT molecular complexity index is 888. The van der Waals surface area contributed by atoms with Gasteiger partial charge in [-0.1, -0.05) is 54.6 Å². The fourth-order valence-electron chi connectivity index (χ4n) is 3.36. The van der Waals surface area contributed by atoms with Gasteiger partial charge in [-0.3, -0.25) is 0 Å². The van der Waals surface area contributed by atoms with Gasteiger partial charge in [0, 0.05) is 45.6 Å². The fourth-order valence-corrected chi connectivity index (χ4v) is 6.66. The average Bonchev–Trinajstić information content (AvgIpc) is 2.81. The van der Waals surface area contributed by atoms with Crippen LogP contribution in [-0.4, -0.2) is 23.0 Å². The van der Waals surface area contributed by atoms with E-state index in [0.29, 0.717) is 13.2 Å². The minimum Gasteiger partial charge on any atom is -0.489 e. The van der Waals surface area contributed by atoms with E-state index in [1.807, 2.05) is 35.3 Å². The number of rotatable bonds is 0. The molecule has 2 bridgehead atoms. The van der Waals surface area contributed by atoms with Crippen molar-refractivity contribution in [1.82, 2.24) is 0 Å². The van der Waals surface area contributed by atoms with Crippen LogP contribution in [-0.2, 0) is 24.7 Å². The zero-order valence-corrected chi connectivity index (χ0v) is 20.1. The second kappa shape index (κ2) is 12.4. The Balaban J connectivity index is 1.49. The van der Waals surface area contributed by atoms with Gasteiger partial charge in [0.1, 0.15) is 24.7 Å².